The molecule has 1 unspecified atom stereocenters. The van der Waals surface area contributed by atoms with Crippen molar-refractivity contribution in [2.24, 2.45) is 5.92 Å². The monoisotopic (exact) mass is 267 g/mol. The molecule has 0 spiro atoms. The topological polar surface area (TPSA) is 101 Å². The average Bonchev–Trinajstić information content (AvgIpc) is 2.37. The Kier molecular flexibility index (Phi) is 5.57. The van der Waals surface area contributed by atoms with Crippen LogP contribution < -0.4 is 11.1 Å². The highest BCUT2D eigenvalue weighted by Crippen LogP contribution is 2.23. The van der Waals surface area contributed by atoms with E-state index in [0.717, 1.165) is 12.8 Å². The third kappa shape index (κ3) is 4.40. The van der Waals surface area contributed by atoms with Crippen molar-refractivity contribution in [2.45, 2.75) is 32.8 Å². The lowest BCUT2D eigenvalue weighted by Gasteiger charge is -2.20. The van der Waals surface area contributed by atoms with Gasteiger partial charge in [0, 0.05) is 30.1 Å². The van der Waals surface area contributed by atoms with Crippen LogP contribution in [0, 0.1) is 16.0 Å². The number of nitrogens with two attached hydrogens (primary N) is 1. The van der Waals surface area contributed by atoms with Crippen LogP contribution in [0.1, 0.15) is 26.7 Å². The minimum atomic E-state index is -0.487. The summed E-state index contributed by atoms with van der Waals surface area (Å²) in [7, 11) is 0. The van der Waals surface area contributed by atoms with Gasteiger partial charge in [-0.25, -0.2) is 0 Å². The Hall–Kier alpha value is -1.82. The Balaban J connectivity index is 2.70. The van der Waals surface area contributed by atoms with Gasteiger partial charge >= 0.3 is 0 Å². The van der Waals surface area contributed by atoms with Gasteiger partial charge in [0.1, 0.15) is 0 Å². The largest absolute Gasteiger partial charge is 0.398 e. The Bertz CT molecular complexity index is 433. The quantitative estimate of drug-likeness (QED) is 0.400. The van der Waals surface area contributed by atoms with E-state index in [1.54, 1.807) is 6.07 Å². The number of benzene rings is 1. The molecule has 1 aromatic rings. The van der Waals surface area contributed by atoms with Crippen molar-refractivity contribution >= 4 is 17.1 Å². The number of hydrogen-bond acceptors (Lipinski definition) is 5. The summed E-state index contributed by atoms with van der Waals surface area (Å²) < 4.78 is 0. The summed E-state index contributed by atoms with van der Waals surface area (Å²) in [5.74, 6) is 0.226. The number of aliphatic hydroxyl groups excluding tert-OH is 1. The molecule has 0 bridgehead atoms. The van der Waals surface area contributed by atoms with Gasteiger partial charge in [-0.1, -0.05) is 26.7 Å². The van der Waals surface area contributed by atoms with E-state index in [4.69, 9.17) is 5.73 Å². The van der Waals surface area contributed by atoms with Crippen LogP contribution in [0.3, 0.4) is 0 Å². The third-order valence-corrected chi connectivity index (χ3v) is 3.26. The number of nitro groups is 1. The second kappa shape index (κ2) is 6.94. The van der Waals surface area contributed by atoms with Crippen LogP contribution in [0.4, 0.5) is 17.1 Å². The molecule has 0 aromatic heterocycles. The van der Waals surface area contributed by atoms with E-state index < -0.39 is 11.0 Å². The van der Waals surface area contributed by atoms with Crippen molar-refractivity contribution < 1.29 is 10.0 Å². The normalized spacial score (nSPS) is 12.4. The molecule has 4 N–H and O–H groups in total. The summed E-state index contributed by atoms with van der Waals surface area (Å²) in [6.07, 6.45) is 1.32. The summed E-state index contributed by atoms with van der Waals surface area (Å²) in [6.45, 7) is 4.42. The highest BCUT2D eigenvalue weighted by atomic mass is 16.6. The van der Waals surface area contributed by atoms with Gasteiger partial charge < -0.3 is 16.2 Å². The molecular formula is C13H21N3O3. The first-order chi connectivity index (χ1) is 8.97. The fourth-order valence-electron chi connectivity index (χ4n) is 2.06. The zero-order valence-corrected chi connectivity index (χ0v) is 11.3. The second-order valence-corrected chi connectivity index (χ2v) is 4.60. The van der Waals surface area contributed by atoms with E-state index in [1.807, 2.05) is 13.8 Å². The molecule has 0 aliphatic carbocycles. The van der Waals surface area contributed by atoms with Gasteiger partial charge in [-0.3, -0.25) is 10.1 Å². The lowest BCUT2D eigenvalue weighted by Crippen LogP contribution is -2.27. The lowest BCUT2D eigenvalue weighted by molar-refractivity contribution is -0.384. The summed E-state index contributed by atoms with van der Waals surface area (Å²) in [5.41, 5.74) is 6.43. The number of aliphatic hydroxyl groups is 1. The predicted octanol–water partition coefficient (Wildman–Crippen LogP) is 2.39. The molecule has 1 rings (SSSR count). The van der Waals surface area contributed by atoms with E-state index >= 15 is 0 Å². The summed E-state index contributed by atoms with van der Waals surface area (Å²) >= 11 is 0. The number of anilines is 2. The number of hydrogen-bond donors (Lipinski definition) is 3. The maximum absolute atomic E-state index is 10.7. The Morgan fingerprint density at radius 1 is 1.37 bits per heavy atom. The van der Waals surface area contributed by atoms with Crippen LogP contribution in [0.25, 0.3) is 0 Å². The number of nitrogens with one attached hydrogen (secondary N) is 1. The van der Waals surface area contributed by atoms with Crippen LogP contribution in [0.15, 0.2) is 18.2 Å². The molecule has 0 fully saturated rings. The molecule has 1 aromatic carbocycles. The third-order valence-electron chi connectivity index (χ3n) is 3.26. The number of nitrogen functional groups attached to an aromatic ring is 1. The second-order valence-electron chi connectivity index (χ2n) is 4.60. The molecule has 0 aliphatic rings. The summed E-state index contributed by atoms with van der Waals surface area (Å²) in [6, 6.07) is 4.34. The van der Waals surface area contributed by atoms with Gasteiger partial charge in [0.05, 0.1) is 11.0 Å². The van der Waals surface area contributed by atoms with E-state index in [0.29, 0.717) is 17.9 Å². The maximum atomic E-state index is 10.7. The molecule has 0 heterocycles. The van der Waals surface area contributed by atoms with Gasteiger partial charge in [0.15, 0.2) is 0 Å². The highest BCUT2D eigenvalue weighted by molar-refractivity contribution is 5.61. The minimum absolute atomic E-state index is 0.0560. The lowest BCUT2D eigenvalue weighted by atomic mass is 9.96. The van der Waals surface area contributed by atoms with Gasteiger partial charge in [-0.05, 0) is 12.0 Å². The first-order valence-electron chi connectivity index (χ1n) is 6.44. The van der Waals surface area contributed by atoms with Crippen LogP contribution in [0.2, 0.25) is 0 Å². The Morgan fingerprint density at radius 3 is 2.53 bits per heavy atom. The number of non-ortho nitro benzene ring substituents is 1. The SMILES string of the molecule is CCC(CC)C(O)CNc1cc(N)cc([N+](=O)[O-])c1. The number of rotatable bonds is 7. The van der Waals surface area contributed by atoms with Crippen molar-refractivity contribution in [3.8, 4) is 0 Å². The zero-order valence-electron chi connectivity index (χ0n) is 11.3. The van der Waals surface area contributed by atoms with E-state index in [1.165, 1.54) is 12.1 Å². The van der Waals surface area contributed by atoms with E-state index in [9.17, 15) is 15.2 Å². The van der Waals surface area contributed by atoms with E-state index in [-0.39, 0.29) is 11.6 Å². The Labute approximate surface area is 112 Å². The summed E-state index contributed by atoms with van der Waals surface area (Å²) in [5, 5.41) is 23.7. The van der Waals surface area contributed by atoms with Gasteiger partial charge in [-0.15, -0.1) is 0 Å². The number of nitrogens with zero attached hydrogens (tertiary/aromatic N) is 1. The fourth-order valence-corrected chi connectivity index (χ4v) is 2.06. The van der Waals surface area contributed by atoms with Gasteiger partial charge in [0.2, 0.25) is 0 Å². The van der Waals surface area contributed by atoms with Crippen molar-refractivity contribution in [3.05, 3.63) is 28.3 Å². The molecule has 19 heavy (non-hydrogen) atoms. The molecule has 0 amide bonds. The van der Waals surface area contributed by atoms with Crippen LogP contribution >= 0.6 is 0 Å². The fraction of sp³-hybridized carbons (Fsp3) is 0.538. The minimum Gasteiger partial charge on any atom is -0.398 e. The molecule has 0 radical (unpaired) electrons. The molecule has 6 heteroatoms. The van der Waals surface area contributed by atoms with Crippen LogP contribution in [0.5, 0.6) is 0 Å². The van der Waals surface area contributed by atoms with Crippen LogP contribution in [-0.2, 0) is 0 Å². The Morgan fingerprint density at radius 2 is 2.00 bits per heavy atom. The van der Waals surface area contributed by atoms with Crippen molar-refractivity contribution in [3.63, 3.8) is 0 Å². The smallest absolute Gasteiger partial charge is 0.273 e. The molecule has 0 saturated carbocycles. The molecule has 0 aliphatic heterocycles. The first kappa shape index (κ1) is 15.2. The van der Waals surface area contributed by atoms with Crippen molar-refractivity contribution in [1.29, 1.82) is 0 Å². The average molecular weight is 267 g/mol. The van der Waals surface area contributed by atoms with Gasteiger partial charge in [-0.2, -0.15) is 0 Å². The molecular weight excluding hydrogens is 246 g/mol. The molecule has 0 saturated heterocycles. The molecule has 1 atom stereocenters. The first-order valence-corrected chi connectivity index (χ1v) is 6.44. The predicted molar refractivity (Wildman–Crippen MR) is 76.1 cm³/mol. The summed E-state index contributed by atoms with van der Waals surface area (Å²) in [4.78, 5) is 10.2. The van der Waals surface area contributed by atoms with Crippen molar-refractivity contribution in [1.82, 2.24) is 0 Å². The van der Waals surface area contributed by atoms with Crippen LogP contribution in [-0.4, -0.2) is 22.7 Å². The van der Waals surface area contributed by atoms with Crippen molar-refractivity contribution in [2.75, 3.05) is 17.6 Å². The zero-order chi connectivity index (χ0) is 14.4. The number of nitro benzene ring substituents is 1. The standard InChI is InChI=1S/C13H21N3O3/c1-3-9(4-2)13(17)8-15-11-5-10(14)6-12(7-11)16(18)19/h5-7,9,13,15,17H,3-4,8,14H2,1-2H3. The molecule has 6 nitrogen and oxygen atoms in total. The van der Waals surface area contributed by atoms with Gasteiger partial charge in [0.25, 0.3) is 5.69 Å². The molecule has 106 valence electrons. The van der Waals surface area contributed by atoms with E-state index in [2.05, 4.69) is 5.32 Å². The highest BCUT2D eigenvalue weighted by Gasteiger charge is 2.15. The maximum Gasteiger partial charge on any atom is 0.273 e.